The van der Waals surface area contributed by atoms with Gasteiger partial charge in [0.25, 0.3) is 0 Å². The van der Waals surface area contributed by atoms with E-state index in [0.29, 0.717) is 24.9 Å². The quantitative estimate of drug-likeness (QED) is 0.424. The largest absolute Gasteiger partial charge is 0.361 e. The van der Waals surface area contributed by atoms with Gasteiger partial charge in [0.2, 0.25) is 17.8 Å². The number of aliphatic imine (C=N–C) groups is 1. The van der Waals surface area contributed by atoms with Gasteiger partial charge >= 0.3 is 0 Å². The Balaban J connectivity index is 1.78. The van der Waals surface area contributed by atoms with Crippen LogP contribution in [-0.4, -0.2) is 33.4 Å². The minimum atomic E-state index is -0.276. The molecule has 8 heteroatoms. The van der Waals surface area contributed by atoms with Gasteiger partial charge in [-0.25, -0.2) is 14.4 Å². The number of anilines is 1. The van der Waals surface area contributed by atoms with E-state index in [1.54, 1.807) is 6.07 Å². The van der Waals surface area contributed by atoms with E-state index in [1.165, 1.54) is 12.1 Å². The minimum absolute atomic E-state index is 0.123. The van der Waals surface area contributed by atoms with Gasteiger partial charge in [0.05, 0.1) is 0 Å². The maximum atomic E-state index is 13.6. The standard InChI is InChI=1S/C22H27FN6O/c1-5-13(2)20(30)28-21(29-22-26-14(3)10-15(4)27-22)24-9-8-16-12-25-19-7-6-17(23)11-18(16)19/h6-7,10-13,25H,5,8-9H2,1-4H3,(H2,24,26,27,28,29,30). The van der Waals surface area contributed by atoms with Crippen LogP contribution < -0.4 is 10.6 Å². The second-order valence-electron chi connectivity index (χ2n) is 7.38. The van der Waals surface area contributed by atoms with Gasteiger partial charge in [0.1, 0.15) is 5.82 Å². The lowest BCUT2D eigenvalue weighted by molar-refractivity contribution is -0.123. The summed E-state index contributed by atoms with van der Waals surface area (Å²) in [6.07, 6.45) is 3.17. The molecule has 0 fully saturated rings. The molecular formula is C22H27FN6O. The molecule has 1 unspecified atom stereocenters. The number of guanidine groups is 1. The number of carbonyl (C=O) groups excluding carboxylic acids is 1. The number of hydrogen-bond donors (Lipinski definition) is 3. The van der Waals surface area contributed by atoms with Crippen molar-refractivity contribution in [2.24, 2.45) is 10.9 Å². The van der Waals surface area contributed by atoms with Crippen LogP contribution in [0.2, 0.25) is 0 Å². The molecule has 3 aromatic rings. The van der Waals surface area contributed by atoms with Gasteiger partial charge in [-0.1, -0.05) is 13.8 Å². The zero-order valence-corrected chi connectivity index (χ0v) is 17.7. The van der Waals surface area contributed by atoms with Gasteiger partial charge in [0, 0.05) is 41.0 Å². The van der Waals surface area contributed by atoms with E-state index in [9.17, 15) is 9.18 Å². The smallest absolute Gasteiger partial charge is 0.229 e. The zero-order chi connectivity index (χ0) is 21.7. The van der Waals surface area contributed by atoms with Gasteiger partial charge in [0.15, 0.2) is 0 Å². The number of fused-ring (bicyclic) bond motifs is 1. The molecule has 1 amide bonds. The van der Waals surface area contributed by atoms with Gasteiger partial charge in [-0.05, 0) is 56.5 Å². The summed E-state index contributed by atoms with van der Waals surface area (Å²) in [7, 11) is 0. The fourth-order valence-corrected chi connectivity index (χ4v) is 3.07. The van der Waals surface area contributed by atoms with Crippen LogP contribution in [0.25, 0.3) is 10.9 Å². The Labute approximate surface area is 175 Å². The van der Waals surface area contributed by atoms with Gasteiger partial charge in [-0.3, -0.25) is 20.4 Å². The fourth-order valence-electron chi connectivity index (χ4n) is 3.07. The van der Waals surface area contributed by atoms with E-state index >= 15 is 0 Å². The first kappa shape index (κ1) is 21.4. The zero-order valence-electron chi connectivity index (χ0n) is 17.7. The minimum Gasteiger partial charge on any atom is -0.361 e. The second-order valence-corrected chi connectivity index (χ2v) is 7.38. The number of nitrogens with zero attached hydrogens (tertiary/aromatic N) is 3. The molecule has 2 heterocycles. The Hall–Kier alpha value is -3.29. The SMILES string of the molecule is CCC(C)C(=O)NC(=NCCc1c[nH]c2ccc(F)cc12)Nc1nc(C)cc(C)n1. The third-order valence-corrected chi connectivity index (χ3v) is 4.89. The second kappa shape index (κ2) is 9.47. The van der Waals surface area contributed by atoms with Crippen molar-refractivity contribution in [1.29, 1.82) is 0 Å². The van der Waals surface area contributed by atoms with E-state index in [-0.39, 0.29) is 17.6 Å². The number of aromatic amines is 1. The molecule has 0 spiro atoms. The molecule has 0 bridgehead atoms. The summed E-state index contributed by atoms with van der Waals surface area (Å²) in [5, 5.41) is 6.69. The van der Waals surface area contributed by atoms with Crippen molar-refractivity contribution in [3.63, 3.8) is 0 Å². The predicted molar refractivity (Wildman–Crippen MR) is 117 cm³/mol. The van der Waals surface area contributed by atoms with Crippen LogP contribution in [0.15, 0.2) is 35.5 Å². The monoisotopic (exact) mass is 410 g/mol. The third-order valence-electron chi connectivity index (χ3n) is 4.89. The molecule has 3 N–H and O–H groups in total. The summed E-state index contributed by atoms with van der Waals surface area (Å²) >= 11 is 0. The van der Waals surface area contributed by atoms with Crippen LogP contribution in [0.4, 0.5) is 10.3 Å². The van der Waals surface area contributed by atoms with Crippen LogP contribution >= 0.6 is 0 Å². The highest BCUT2D eigenvalue weighted by molar-refractivity contribution is 6.04. The van der Waals surface area contributed by atoms with Gasteiger partial charge < -0.3 is 4.98 Å². The maximum Gasteiger partial charge on any atom is 0.229 e. The first-order valence-electron chi connectivity index (χ1n) is 10.1. The van der Waals surface area contributed by atoms with Crippen molar-refractivity contribution < 1.29 is 9.18 Å². The Morgan fingerprint density at radius 1 is 1.23 bits per heavy atom. The topological polar surface area (TPSA) is 95.1 Å². The molecule has 3 rings (SSSR count). The van der Waals surface area contributed by atoms with Crippen molar-refractivity contribution >= 4 is 28.7 Å². The molecular weight excluding hydrogens is 383 g/mol. The number of aromatic nitrogens is 3. The number of benzene rings is 1. The highest BCUT2D eigenvalue weighted by atomic mass is 19.1. The van der Waals surface area contributed by atoms with E-state index in [1.807, 2.05) is 40.0 Å². The molecule has 0 saturated carbocycles. The lowest BCUT2D eigenvalue weighted by Crippen LogP contribution is -2.39. The summed E-state index contributed by atoms with van der Waals surface area (Å²) in [5.74, 6) is 0.138. The molecule has 0 aliphatic rings. The summed E-state index contributed by atoms with van der Waals surface area (Å²) in [6, 6.07) is 6.53. The molecule has 2 aromatic heterocycles. The van der Waals surface area contributed by atoms with Crippen LogP contribution in [0.3, 0.4) is 0 Å². The summed E-state index contributed by atoms with van der Waals surface area (Å²) < 4.78 is 13.6. The van der Waals surface area contributed by atoms with E-state index in [0.717, 1.165) is 34.3 Å². The van der Waals surface area contributed by atoms with Crippen molar-refractivity contribution in [1.82, 2.24) is 20.3 Å². The van der Waals surface area contributed by atoms with Crippen molar-refractivity contribution in [2.75, 3.05) is 11.9 Å². The normalized spacial score (nSPS) is 12.8. The van der Waals surface area contributed by atoms with Gasteiger partial charge in [-0.2, -0.15) is 0 Å². The molecule has 30 heavy (non-hydrogen) atoms. The van der Waals surface area contributed by atoms with E-state index in [4.69, 9.17) is 0 Å². The molecule has 0 aliphatic carbocycles. The highest BCUT2D eigenvalue weighted by Gasteiger charge is 2.14. The number of H-pyrrole nitrogens is 1. The Morgan fingerprint density at radius 2 is 1.97 bits per heavy atom. The average molecular weight is 410 g/mol. The summed E-state index contributed by atoms with van der Waals surface area (Å²) in [5.41, 5.74) is 3.47. The lowest BCUT2D eigenvalue weighted by Gasteiger charge is -2.14. The molecule has 0 aliphatic heterocycles. The lowest BCUT2D eigenvalue weighted by atomic mass is 10.1. The summed E-state index contributed by atoms with van der Waals surface area (Å²) in [6.45, 7) is 7.98. The van der Waals surface area contributed by atoms with E-state index < -0.39 is 0 Å². The average Bonchev–Trinajstić information content (AvgIpc) is 3.08. The third kappa shape index (κ3) is 5.40. The van der Waals surface area contributed by atoms with Crippen LogP contribution in [-0.2, 0) is 11.2 Å². The Kier molecular flexibility index (Phi) is 6.76. The highest BCUT2D eigenvalue weighted by Crippen LogP contribution is 2.19. The van der Waals surface area contributed by atoms with Crippen molar-refractivity contribution in [3.8, 4) is 0 Å². The Bertz CT molecular complexity index is 1050. The molecule has 0 radical (unpaired) electrons. The molecule has 0 saturated heterocycles. The number of halogens is 1. The number of hydrogen-bond acceptors (Lipinski definition) is 4. The summed E-state index contributed by atoms with van der Waals surface area (Å²) in [4.78, 5) is 28.8. The number of carbonyl (C=O) groups is 1. The molecule has 1 atom stereocenters. The number of rotatable bonds is 6. The van der Waals surface area contributed by atoms with E-state index in [2.05, 4.69) is 30.6 Å². The van der Waals surface area contributed by atoms with Crippen LogP contribution in [0.5, 0.6) is 0 Å². The predicted octanol–water partition coefficient (Wildman–Crippen LogP) is 3.89. The van der Waals surface area contributed by atoms with Crippen molar-refractivity contribution in [2.45, 2.75) is 40.5 Å². The molecule has 158 valence electrons. The maximum absolute atomic E-state index is 13.6. The molecule has 7 nitrogen and oxygen atoms in total. The first-order valence-corrected chi connectivity index (χ1v) is 10.1. The van der Waals surface area contributed by atoms with Crippen molar-refractivity contribution in [3.05, 3.63) is 53.2 Å². The number of nitrogens with one attached hydrogen (secondary N) is 3. The molecule has 1 aromatic carbocycles. The van der Waals surface area contributed by atoms with Crippen LogP contribution in [0, 0.1) is 25.6 Å². The van der Waals surface area contributed by atoms with Gasteiger partial charge in [-0.15, -0.1) is 0 Å². The van der Waals surface area contributed by atoms with Crippen LogP contribution in [0.1, 0.15) is 37.2 Å². The fraction of sp³-hybridized carbons (Fsp3) is 0.364. The first-order chi connectivity index (χ1) is 14.4. The number of amides is 1. The number of aryl methyl sites for hydroxylation is 2. The Morgan fingerprint density at radius 3 is 2.67 bits per heavy atom.